The Morgan fingerprint density at radius 1 is 1.08 bits per heavy atom. The first-order chi connectivity index (χ1) is 17.7. The number of rotatable bonds is 10. The normalized spacial score (nSPS) is 23.6. The quantitative estimate of drug-likeness (QED) is 0.440. The maximum atomic E-state index is 13.8. The highest BCUT2D eigenvalue weighted by atomic mass is 35.5. The number of aryl methyl sites for hydroxylation is 1. The SMILES string of the molecule is CCC[C@H](CCS(=O)(=O)c1ccc(Cl)c(Cl)c1)N1CCC(CCc2ccccc2)N2C[C@H](N)C[C@H]2C1=O. The molecule has 0 bridgehead atoms. The highest BCUT2D eigenvalue weighted by Gasteiger charge is 2.44. The Balaban J connectivity index is 1.49. The summed E-state index contributed by atoms with van der Waals surface area (Å²) in [6, 6.07) is 14.7. The van der Waals surface area contributed by atoms with Crippen LogP contribution < -0.4 is 5.73 Å². The van der Waals surface area contributed by atoms with Crippen LogP contribution >= 0.6 is 23.2 Å². The van der Waals surface area contributed by atoms with Gasteiger partial charge in [0.05, 0.1) is 26.7 Å². The van der Waals surface area contributed by atoms with Crippen molar-refractivity contribution in [1.82, 2.24) is 9.80 Å². The highest BCUT2D eigenvalue weighted by Crippen LogP contribution is 2.31. The molecule has 2 aromatic rings. The molecular formula is C28H37Cl2N3O3S. The number of hydrogen-bond donors (Lipinski definition) is 1. The molecule has 2 heterocycles. The van der Waals surface area contributed by atoms with E-state index in [2.05, 4.69) is 36.1 Å². The molecule has 6 nitrogen and oxygen atoms in total. The molecule has 0 saturated carbocycles. The minimum absolute atomic E-state index is 0.0206. The van der Waals surface area contributed by atoms with E-state index < -0.39 is 9.84 Å². The predicted molar refractivity (Wildman–Crippen MR) is 150 cm³/mol. The molecule has 2 N–H and O–H groups in total. The fourth-order valence-corrected chi connectivity index (χ4v) is 7.57. The standard InChI is InChI=1S/C28H37Cl2N3O3S/c1-2-6-22(14-16-37(35,36)24-11-12-25(29)26(30)18-24)32-15-13-23(10-9-20-7-4-3-5-8-20)33-19-21(31)17-27(33)28(32)34/h3-5,7-8,11-12,18,21-23,27H,2,6,9-10,13-17,19,31H2,1H3/t21-,22-,23?,27+/m1/s1. The molecule has 2 aliphatic rings. The zero-order chi connectivity index (χ0) is 26.6. The summed E-state index contributed by atoms with van der Waals surface area (Å²) in [5.41, 5.74) is 7.65. The van der Waals surface area contributed by atoms with Crippen LogP contribution in [0.3, 0.4) is 0 Å². The minimum Gasteiger partial charge on any atom is -0.338 e. The number of carbonyl (C=O) groups excluding carboxylic acids is 1. The van der Waals surface area contributed by atoms with Gasteiger partial charge in [0.2, 0.25) is 5.91 Å². The second-order valence-electron chi connectivity index (χ2n) is 10.3. The number of benzene rings is 2. The molecule has 0 aliphatic carbocycles. The third-order valence-corrected chi connectivity index (χ3v) is 10.2. The number of sulfone groups is 1. The Hall–Kier alpha value is -1.64. The fourth-order valence-electron chi connectivity index (χ4n) is 5.82. The van der Waals surface area contributed by atoms with E-state index in [1.807, 2.05) is 11.0 Å². The summed E-state index contributed by atoms with van der Waals surface area (Å²) in [5, 5.41) is 0.538. The second-order valence-corrected chi connectivity index (χ2v) is 13.3. The van der Waals surface area contributed by atoms with Crippen molar-refractivity contribution >= 4 is 38.9 Å². The Kier molecular flexibility index (Phi) is 9.57. The monoisotopic (exact) mass is 565 g/mol. The van der Waals surface area contributed by atoms with E-state index in [1.54, 1.807) is 0 Å². The predicted octanol–water partition coefficient (Wildman–Crippen LogP) is 4.96. The summed E-state index contributed by atoms with van der Waals surface area (Å²) >= 11 is 12.0. The topological polar surface area (TPSA) is 83.7 Å². The molecule has 4 rings (SSSR count). The van der Waals surface area contributed by atoms with E-state index in [1.165, 1.54) is 23.8 Å². The third kappa shape index (κ3) is 6.87. The smallest absolute Gasteiger partial charge is 0.240 e. The van der Waals surface area contributed by atoms with Crippen molar-refractivity contribution < 1.29 is 13.2 Å². The lowest BCUT2D eigenvalue weighted by atomic mass is 10.0. The van der Waals surface area contributed by atoms with Crippen molar-refractivity contribution in [3.63, 3.8) is 0 Å². The van der Waals surface area contributed by atoms with Crippen molar-refractivity contribution in [2.75, 3.05) is 18.8 Å². The van der Waals surface area contributed by atoms with Gasteiger partial charge in [-0.25, -0.2) is 8.42 Å². The lowest BCUT2D eigenvalue weighted by molar-refractivity contribution is -0.137. The molecule has 2 aliphatic heterocycles. The maximum absolute atomic E-state index is 13.8. The largest absolute Gasteiger partial charge is 0.338 e. The van der Waals surface area contributed by atoms with Crippen LogP contribution in [-0.4, -0.2) is 67.1 Å². The van der Waals surface area contributed by atoms with Gasteiger partial charge in [0.15, 0.2) is 9.84 Å². The van der Waals surface area contributed by atoms with Crippen LogP contribution in [-0.2, 0) is 21.1 Å². The van der Waals surface area contributed by atoms with Gasteiger partial charge < -0.3 is 10.6 Å². The first-order valence-corrected chi connectivity index (χ1v) is 15.6. The Morgan fingerprint density at radius 2 is 1.84 bits per heavy atom. The van der Waals surface area contributed by atoms with Gasteiger partial charge in [0.25, 0.3) is 0 Å². The number of amides is 1. The number of halogens is 2. The lowest BCUT2D eigenvalue weighted by Gasteiger charge is -2.33. The van der Waals surface area contributed by atoms with Crippen molar-refractivity contribution in [3.8, 4) is 0 Å². The summed E-state index contributed by atoms with van der Waals surface area (Å²) in [7, 11) is -3.57. The number of carbonyl (C=O) groups is 1. The van der Waals surface area contributed by atoms with E-state index in [0.717, 1.165) is 38.6 Å². The Labute approximate surface area is 231 Å². The minimum atomic E-state index is -3.57. The van der Waals surface area contributed by atoms with E-state index >= 15 is 0 Å². The fraction of sp³-hybridized carbons (Fsp3) is 0.536. The first kappa shape index (κ1) is 28.4. The summed E-state index contributed by atoms with van der Waals surface area (Å²) in [5.74, 6) is 0.0469. The number of hydrogen-bond acceptors (Lipinski definition) is 5. The van der Waals surface area contributed by atoms with Crippen molar-refractivity contribution in [3.05, 3.63) is 64.1 Å². The van der Waals surface area contributed by atoms with Crippen LogP contribution in [0.1, 0.15) is 51.0 Å². The van der Waals surface area contributed by atoms with Gasteiger partial charge in [-0.2, -0.15) is 0 Å². The number of nitrogens with zero attached hydrogens (tertiary/aromatic N) is 2. The zero-order valence-corrected chi connectivity index (χ0v) is 23.7. The van der Waals surface area contributed by atoms with Crippen LogP contribution in [0.5, 0.6) is 0 Å². The lowest BCUT2D eigenvalue weighted by Crippen LogP contribution is -2.48. The molecule has 2 fully saturated rings. The van der Waals surface area contributed by atoms with Crippen LogP contribution in [0, 0.1) is 0 Å². The summed E-state index contributed by atoms with van der Waals surface area (Å²) in [6.45, 7) is 3.44. The molecule has 0 spiro atoms. The molecule has 1 unspecified atom stereocenters. The van der Waals surface area contributed by atoms with Gasteiger partial charge >= 0.3 is 0 Å². The third-order valence-electron chi connectivity index (χ3n) is 7.75. The summed E-state index contributed by atoms with van der Waals surface area (Å²) < 4.78 is 26.2. The molecule has 2 aromatic carbocycles. The number of nitrogens with two attached hydrogens (primary N) is 1. The van der Waals surface area contributed by atoms with Gasteiger partial charge in [0, 0.05) is 31.2 Å². The molecular weight excluding hydrogens is 529 g/mol. The van der Waals surface area contributed by atoms with Crippen LogP contribution in [0.25, 0.3) is 0 Å². The number of fused-ring (bicyclic) bond motifs is 1. The molecule has 37 heavy (non-hydrogen) atoms. The molecule has 2 saturated heterocycles. The molecule has 4 atom stereocenters. The average molecular weight is 567 g/mol. The van der Waals surface area contributed by atoms with Gasteiger partial charge in [-0.3, -0.25) is 9.69 Å². The van der Waals surface area contributed by atoms with E-state index in [-0.39, 0.29) is 45.7 Å². The van der Waals surface area contributed by atoms with Crippen LogP contribution in [0.4, 0.5) is 0 Å². The van der Waals surface area contributed by atoms with Crippen molar-refractivity contribution in [2.24, 2.45) is 5.73 Å². The molecule has 202 valence electrons. The van der Waals surface area contributed by atoms with Gasteiger partial charge in [-0.05, 0) is 62.3 Å². The average Bonchev–Trinajstić information content (AvgIpc) is 3.22. The van der Waals surface area contributed by atoms with E-state index in [9.17, 15) is 13.2 Å². The molecule has 0 aromatic heterocycles. The van der Waals surface area contributed by atoms with Crippen LogP contribution in [0.2, 0.25) is 10.0 Å². The van der Waals surface area contributed by atoms with Crippen molar-refractivity contribution in [2.45, 2.75) is 80.9 Å². The Morgan fingerprint density at radius 3 is 2.54 bits per heavy atom. The van der Waals surface area contributed by atoms with Gasteiger partial charge in [-0.1, -0.05) is 66.9 Å². The van der Waals surface area contributed by atoms with E-state index in [4.69, 9.17) is 28.9 Å². The highest BCUT2D eigenvalue weighted by molar-refractivity contribution is 7.91. The van der Waals surface area contributed by atoms with Gasteiger partial charge in [-0.15, -0.1) is 0 Å². The molecule has 9 heteroatoms. The van der Waals surface area contributed by atoms with Crippen LogP contribution in [0.15, 0.2) is 53.4 Å². The van der Waals surface area contributed by atoms with Gasteiger partial charge in [0.1, 0.15) is 0 Å². The summed E-state index contributed by atoms with van der Waals surface area (Å²) in [4.78, 5) is 18.3. The Bertz CT molecular complexity index is 1180. The van der Waals surface area contributed by atoms with Crippen molar-refractivity contribution in [1.29, 1.82) is 0 Å². The van der Waals surface area contributed by atoms with E-state index in [0.29, 0.717) is 24.4 Å². The maximum Gasteiger partial charge on any atom is 0.240 e. The molecule has 0 radical (unpaired) electrons. The molecule has 1 amide bonds. The summed E-state index contributed by atoms with van der Waals surface area (Å²) in [6.07, 6.45) is 5.45. The second kappa shape index (κ2) is 12.5. The zero-order valence-electron chi connectivity index (χ0n) is 21.4. The first-order valence-electron chi connectivity index (χ1n) is 13.2.